The van der Waals surface area contributed by atoms with E-state index in [1.807, 2.05) is 6.20 Å². The Morgan fingerprint density at radius 2 is 2.24 bits per heavy atom. The van der Waals surface area contributed by atoms with Crippen molar-refractivity contribution < 1.29 is 4.39 Å². The highest BCUT2D eigenvalue weighted by molar-refractivity contribution is 6.33. The molecule has 1 aromatic carbocycles. The molecule has 0 unspecified atom stereocenters. The molecular weight excluding hydrogens is 289 g/mol. The normalized spacial score (nSPS) is 22.5. The summed E-state index contributed by atoms with van der Waals surface area (Å²) in [4.78, 5) is 4.38. The van der Waals surface area contributed by atoms with Crippen LogP contribution in [0.4, 0.5) is 4.39 Å². The largest absolute Gasteiger partial charge is 0.327 e. The summed E-state index contributed by atoms with van der Waals surface area (Å²) >= 11 is 6.23. The third-order valence-electron chi connectivity index (χ3n) is 4.27. The first-order valence-electron chi connectivity index (χ1n) is 7.28. The Labute approximate surface area is 129 Å². The standard InChI is InChI=1S/C16H19ClFN3/c1-10-3-4-12(17)14(15(10)18)16-20-7-8-21(16)13-5-6-19-9-11(13)2/h3-4,7-8,11,13,19H,5-6,9H2,1-2H3/t11-,13+/m1/s1. The van der Waals surface area contributed by atoms with Crippen molar-refractivity contribution in [1.29, 1.82) is 0 Å². The lowest BCUT2D eigenvalue weighted by atomic mass is 9.94. The summed E-state index contributed by atoms with van der Waals surface area (Å²) in [5.41, 5.74) is 0.995. The summed E-state index contributed by atoms with van der Waals surface area (Å²) in [6, 6.07) is 3.75. The molecule has 1 N–H and O–H groups in total. The van der Waals surface area contributed by atoms with Crippen molar-refractivity contribution in [3.8, 4) is 11.4 Å². The summed E-state index contributed by atoms with van der Waals surface area (Å²) in [7, 11) is 0. The summed E-state index contributed by atoms with van der Waals surface area (Å²) < 4.78 is 16.6. The molecule has 3 rings (SSSR count). The van der Waals surface area contributed by atoms with Gasteiger partial charge in [-0.15, -0.1) is 0 Å². The second-order valence-corrected chi connectivity index (χ2v) is 6.16. The number of nitrogens with zero attached hydrogens (tertiary/aromatic N) is 2. The maximum atomic E-state index is 14.5. The molecule has 0 amide bonds. The van der Waals surface area contributed by atoms with Gasteiger partial charge in [0.05, 0.1) is 10.6 Å². The Kier molecular flexibility index (Phi) is 4.00. The average Bonchev–Trinajstić information content (AvgIpc) is 2.93. The van der Waals surface area contributed by atoms with Crippen LogP contribution in [0.5, 0.6) is 0 Å². The predicted octanol–water partition coefficient (Wildman–Crippen LogP) is 3.82. The average molecular weight is 308 g/mol. The fourth-order valence-electron chi connectivity index (χ4n) is 3.05. The van der Waals surface area contributed by atoms with Gasteiger partial charge in [0.25, 0.3) is 0 Å². The van der Waals surface area contributed by atoms with Crippen LogP contribution in [-0.2, 0) is 0 Å². The number of nitrogens with one attached hydrogen (secondary N) is 1. The van der Waals surface area contributed by atoms with Gasteiger partial charge in [-0.25, -0.2) is 9.37 Å². The lowest BCUT2D eigenvalue weighted by Crippen LogP contribution is -2.36. The van der Waals surface area contributed by atoms with E-state index in [1.54, 1.807) is 25.3 Å². The number of rotatable bonds is 2. The Balaban J connectivity index is 2.09. The number of benzene rings is 1. The second-order valence-electron chi connectivity index (χ2n) is 5.75. The van der Waals surface area contributed by atoms with Crippen molar-refractivity contribution in [3.05, 3.63) is 40.9 Å². The molecule has 2 aromatic rings. The van der Waals surface area contributed by atoms with E-state index in [2.05, 4.69) is 21.8 Å². The van der Waals surface area contributed by atoms with Gasteiger partial charge in [-0.3, -0.25) is 0 Å². The highest BCUT2D eigenvalue weighted by Crippen LogP contribution is 2.35. The Bertz CT molecular complexity index is 653. The van der Waals surface area contributed by atoms with Crippen molar-refractivity contribution in [2.75, 3.05) is 13.1 Å². The molecule has 2 atom stereocenters. The Hall–Kier alpha value is -1.39. The van der Waals surface area contributed by atoms with Gasteiger partial charge in [0.15, 0.2) is 0 Å². The maximum Gasteiger partial charge on any atom is 0.144 e. The van der Waals surface area contributed by atoms with E-state index in [-0.39, 0.29) is 5.82 Å². The fourth-order valence-corrected chi connectivity index (χ4v) is 3.28. The molecule has 0 radical (unpaired) electrons. The van der Waals surface area contributed by atoms with Crippen molar-refractivity contribution in [3.63, 3.8) is 0 Å². The van der Waals surface area contributed by atoms with Crippen LogP contribution in [0.2, 0.25) is 5.02 Å². The van der Waals surface area contributed by atoms with E-state index < -0.39 is 0 Å². The van der Waals surface area contributed by atoms with E-state index >= 15 is 0 Å². The minimum atomic E-state index is -0.281. The zero-order valence-electron chi connectivity index (χ0n) is 12.2. The number of hydrogen-bond acceptors (Lipinski definition) is 2. The van der Waals surface area contributed by atoms with Crippen LogP contribution in [0, 0.1) is 18.7 Å². The number of hydrogen-bond donors (Lipinski definition) is 1. The quantitative estimate of drug-likeness (QED) is 0.914. The lowest BCUT2D eigenvalue weighted by molar-refractivity contribution is 0.275. The molecule has 1 aliphatic rings. The van der Waals surface area contributed by atoms with E-state index in [9.17, 15) is 4.39 Å². The second kappa shape index (κ2) is 5.78. The maximum absolute atomic E-state index is 14.5. The van der Waals surface area contributed by atoms with Crippen LogP contribution in [0.15, 0.2) is 24.5 Å². The smallest absolute Gasteiger partial charge is 0.144 e. The third-order valence-corrected chi connectivity index (χ3v) is 4.59. The first-order valence-corrected chi connectivity index (χ1v) is 7.66. The van der Waals surface area contributed by atoms with Crippen molar-refractivity contribution in [2.45, 2.75) is 26.3 Å². The van der Waals surface area contributed by atoms with E-state index in [0.717, 1.165) is 19.5 Å². The highest BCUT2D eigenvalue weighted by atomic mass is 35.5. The number of imidazole rings is 1. The van der Waals surface area contributed by atoms with Gasteiger partial charge in [-0.1, -0.05) is 24.6 Å². The van der Waals surface area contributed by atoms with Gasteiger partial charge in [-0.05, 0) is 44.0 Å². The van der Waals surface area contributed by atoms with Crippen molar-refractivity contribution in [2.24, 2.45) is 5.92 Å². The monoisotopic (exact) mass is 307 g/mol. The summed E-state index contributed by atoms with van der Waals surface area (Å²) in [5.74, 6) is 0.815. The SMILES string of the molecule is Cc1ccc(Cl)c(-c2nccn2[C@H]2CCNC[C@H]2C)c1F. The van der Waals surface area contributed by atoms with Gasteiger partial charge in [-0.2, -0.15) is 0 Å². The molecule has 0 saturated carbocycles. The van der Waals surface area contributed by atoms with Crippen LogP contribution in [-0.4, -0.2) is 22.6 Å². The zero-order valence-corrected chi connectivity index (χ0v) is 13.0. The molecule has 1 saturated heterocycles. The lowest BCUT2D eigenvalue weighted by Gasteiger charge is -2.31. The molecule has 1 aromatic heterocycles. The molecule has 1 aliphatic heterocycles. The molecule has 0 spiro atoms. The van der Waals surface area contributed by atoms with Gasteiger partial charge in [0.1, 0.15) is 11.6 Å². The van der Waals surface area contributed by atoms with Crippen LogP contribution in [0.3, 0.4) is 0 Å². The molecule has 112 valence electrons. The van der Waals surface area contributed by atoms with E-state index in [1.165, 1.54) is 0 Å². The van der Waals surface area contributed by atoms with Gasteiger partial charge in [0, 0.05) is 18.4 Å². The zero-order chi connectivity index (χ0) is 15.0. The molecular formula is C16H19ClFN3. The number of aromatic nitrogens is 2. The first-order chi connectivity index (χ1) is 10.1. The fraction of sp³-hybridized carbons (Fsp3) is 0.438. The molecule has 3 nitrogen and oxygen atoms in total. The number of aryl methyl sites for hydroxylation is 1. The molecule has 1 fully saturated rings. The summed E-state index contributed by atoms with van der Waals surface area (Å²) in [6.45, 7) is 5.88. The van der Waals surface area contributed by atoms with Crippen molar-refractivity contribution in [1.82, 2.24) is 14.9 Å². The summed E-state index contributed by atoms with van der Waals surface area (Å²) in [6.07, 6.45) is 4.66. The third kappa shape index (κ3) is 2.58. The number of piperidine rings is 1. The minimum Gasteiger partial charge on any atom is -0.327 e. The van der Waals surface area contributed by atoms with Crippen LogP contribution < -0.4 is 5.32 Å². The molecule has 21 heavy (non-hydrogen) atoms. The highest BCUT2D eigenvalue weighted by Gasteiger charge is 2.26. The Morgan fingerprint density at radius 3 is 3.00 bits per heavy atom. The molecule has 5 heteroatoms. The predicted molar refractivity (Wildman–Crippen MR) is 83.1 cm³/mol. The molecule has 0 aliphatic carbocycles. The van der Waals surface area contributed by atoms with Gasteiger partial charge < -0.3 is 9.88 Å². The van der Waals surface area contributed by atoms with Gasteiger partial charge in [0.2, 0.25) is 0 Å². The molecule has 0 bridgehead atoms. The van der Waals surface area contributed by atoms with Crippen LogP contribution in [0.1, 0.15) is 24.9 Å². The van der Waals surface area contributed by atoms with Gasteiger partial charge >= 0.3 is 0 Å². The van der Waals surface area contributed by atoms with Crippen molar-refractivity contribution >= 4 is 11.6 Å². The topological polar surface area (TPSA) is 29.9 Å². The summed E-state index contributed by atoms with van der Waals surface area (Å²) in [5, 5.41) is 3.79. The number of halogens is 2. The minimum absolute atomic E-state index is 0.281. The van der Waals surface area contributed by atoms with E-state index in [4.69, 9.17) is 11.6 Å². The Morgan fingerprint density at radius 1 is 1.43 bits per heavy atom. The molecule has 2 heterocycles. The first kappa shape index (κ1) is 14.5. The van der Waals surface area contributed by atoms with Crippen LogP contribution >= 0.6 is 11.6 Å². The van der Waals surface area contributed by atoms with E-state index in [0.29, 0.717) is 33.9 Å². The van der Waals surface area contributed by atoms with Crippen LogP contribution in [0.25, 0.3) is 11.4 Å².